The molecule has 0 radical (unpaired) electrons. The third kappa shape index (κ3) is 5.75. The van der Waals surface area contributed by atoms with Crippen LogP contribution in [0.25, 0.3) is 22.4 Å². The molecule has 1 aliphatic rings. The molecule has 0 unspecified atom stereocenters. The molecule has 1 heterocycles. The number of halogens is 1. The van der Waals surface area contributed by atoms with Crippen LogP contribution in [-0.2, 0) is 16.1 Å². The Morgan fingerprint density at radius 3 is 2.45 bits per heavy atom. The first-order valence-corrected chi connectivity index (χ1v) is 11.1. The molecule has 0 aliphatic heterocycles. The highest BCUT2D eigenvalue weighted by Crippen LogP contribution is 2.34. The van der Waals surface area contributed by atoms with E-state index in [4.69, 9.17) is 26.5 Å². The zero-order chi connectivity index (χ0) is 21.6. The second-order valence-corrected chi connectivity index (χ2v) is 8.72. The largest absolute Gasteiger partial charge is 0.480 e. The summed E-state index contributed by atoms with van der Waals surface area (Å²) < 4.78 is 7.36. The van der Waals surface area contributed by atoms with E-state index >= 15 is 0 Å². The number of aromatic nitrogens is 2. The summed E-state index contributed by atoms with van der Waals surface area (Å²) >= 11 is 6.25. The van der Waals surface area contributed by atoms with Gasteiger partial charge in [0.2, 0.25) is 0 Å². The van der Waals surface area contributed by atoms with Crippen molar-refractivity contribution in [3.63, 3.8) is 0 Å². The van der Waals surface area contributed by atoms with Crippen LogP contribution in [0.3, 0.4) is 0 Å². The highest BCUT2D eigenvalue weighted by Gasteiger charge is 2.23. The maximum Gasteiger partial charge on any atom is 0.329 e. The molecule has 1 aliphatic carbocycles. The third-order valence-electron chi connectivity index (χ3n) is 5.94. The topological polar surface area (TPSA) is 64.3 Å². The van der Waals surface area contributed by atoms with Gasteiger partial charge in [0, 0.05) is 28.9 Å². The predicted molar refractivity (Wildman–Crippen MR) is 122 cm³/mol. The number of benzene rings is 2. The first-order chi connectivity index (χ1) is 15.1. The van der Waals surface area contributed by atoms with Gasteiger partial charge >= 0.3 is 5.97 Å². The summed E-state index contributed by atoms with van der Waals surface area (Å²) in [5, 5.41) is 14.4. The van der Waals surface area contributed by atoms with Crippen LogP contribution in [0, 0.1) is 11.8 Å². The Bertz CT molecular complexity index is 1010. The molecule has 5 nitrogen and oxygen atoms in total. The fourth-order valence-electron chi connectivity index (χ4n) is 4.35. The molecule has 0 atom stereocenters. The number of carboxylic acids is 1. The van der Waals surface area contributed by atoms with Gasteiger partial charge in [0.1, 0.15) is 12.3 Å². The molecule has 4 rings (SSSR count). The van der Waals surface area contributed by atoms with Gasteiger partial charge in [-0.05, 0) is 55.2 Å². The summed E-state index contributed by atoms with van der Waals surface area (Å²) in [7, 11) is 0. The Kier molecular flexibility index (Phi) is 7.05. The number of carboxylic acid groups (broad SMARTS) is 1. The molecule has 0 spiro atoms. The van der Waals surface area contributed by atoms with Crippen LogP contribution < -0.4 is 0 Å². The molecule has 1 N–H and O–H groups in total. The van der Waals surface area contributed by atoms with E-state index in [1.54, 1.807) is 0 Å². The fraction of sp³-hybridized carbons (Fsp3) is 0.360. The highest BCUT2D eigenvalue weighted by atomic mass is 35.5. The van der Waals surface area contributed by atoms with Crippen LogP contribution in [0.15, 0.2) is 60.8 Å². The van der Waals surface area contributed by atoms with E-state index in [2.05, 4.69) is 29.1 Å². The van der Waals surface area contributed by atoms with Crippen LogP contribution in [0.5, 0.6) is 0 Å². The van der Waals surface area contributed by atoms with Gasteiger partial charge in [-0.3, -0.25) is 4.68 Å². The molecule has 2 aromatic carbocycles. The zero-order valence-corrected chi connectivity index (χ0v) is 18.2. The van der Waals surface area contributed by atoms with Crippen molar-refractivity contribution in [2.24, 2.45) is 11.8 Å². The van der Waals surface area contributed by atoms with Gasteiger partial charge in [-0.1, -0.05) is 54.1 Å². The summed E-state index contributed by atoms with van der Waals surface area (Å²) in [5.74, 6) is 0.110. The van der Waals surface area contributed by atoms with E-state index < -0.39 is 5.97 Å². The normalized spacial score (nSPS) is 18.7. The molecule has 0 bridgehead atoms. The number of hydrogen-bond donors (Lipinski definition) is 1. The van der Waals surface area contributed by atoms with Crippen molar-refractivity contribution in [1.82, 2.24) is 9.78 Å². The lowest BCUT2D eigenvalue weighted by Gasteiger charge is -2.28. The van der Waals surface area contributed by atoms with Gasteiger partial charge < -0.3 is 9.84 Å². The summed E-state index contributed by atoms with van der Waals surface area (Å²) in [4.78, 5) is 10.6. The standard InChI is InChI=1S/C25H27ClN2O3/c26-22-8-4-7-21(13-22)23-15-28(27-25(23)20-5-2-1-3-6-20)14-18-9-11-19(12-10-18)16-31-17-24(29)30/h1-8,13,15,18-19H,9-12,14,16-17H2,(H,29,30)/t18-,19-. The average molecular weight is 439 g/mol. The Morgan fingerprint density at radius 2 is 1.74 bits per heavy atom. The monoisotopic (exact) mass is 438 g/mol. The van der Waals surface area contributed by atoms with Crippen LogP contribution in [0.2, 0.25) is 5.02 Å². The van der Waals surface area contributed by atoms with Crippen molar-refractivity contribution in [2.45, 2.75) is 32.2 Å². The number of aliphatic carboxylic acids is 1. The van der Waals surface area contributed by atoms with Crippen molar-refractivity contribution in [3.05, 3.63) is 65.8 Å². The maximum absolute atomic E-state index is 10.6. The van der Waals surface area contributed by atoms with Gasteiger partial charge in [-0.2, -0.15) is 5.10 Å². The van der Waals surface area contributed by atoms with E-state index in [0.717, 1.165) is 54.6 Å². The van der Waals surface area contributed by atoms with Crippen LogP contribution >= 0.6 is 11.6 Å². The Hall–Kier alpha value is -2.63. The quantitative estimate of drug-likeness (QED) is 0.484. The van der Waals surface area contributed by atoms with Crippen LogP contribution in [-0.4, -0.2) is 34.1 Å². The van der Waals surface area contributed by atoms with Gasteiger partial charge in [0.05, 0.1) is 6.61 Å². The fourth-order valence-corrected chi connectivity index (χ4v) is 4.54. The first-order valence-electron chi connectivity index (χ1n) is 10.8. The van der Waals surface area contributed by atoms with Crippen molar-refractivity contribution >= 4 is 17.6 Å². The summed E-state index contributed by atoms with van der Waals surface area (Å²) in [6, 6.07) is 18.2. The number of ether oxygens (including phenoxy) is 1. The van der Waals surface area contributed by atoms with Gasteiger partial charge in [0.25, 0.3) is 0 Å². The minimum Gasteiger partial charge on any atom is -0.480 e. The lowest BCUT2D eigenvalue weighted by atomic mass is 9.82. The predicted octanol–water partition coefficient (Wildman–Crippen LogP) is 5.78. The Balaban J connectivity index is 1.47. The van der Waals surface area contributed by atoms with E-state index in [9.17, 15) is 4.79 Å². The molecule has 1 aromatic heterocycles. The highest BCUT2D eigenvalue weighted by molar-refractivity contribution is 6.30. The molecule has 0 saturated heterocycles. The molecule has 0 amide bonds. The van der Waals surface area contributed by atoms with Crippen LogP contribution in [0.4, 0.5) is 0 Å². The zero-order valence-electron chi connectivity index (χ0n) is 17.4. The molecule has 1 saturated carbocycles. The summed E-state index contributed by atoms with van der Waals surface area (Å²) in [6.45, 7) is 1.21. The SMILES string of the molecule is O=C(O)COC[C@H]1CC[C@H](Cn2cc(-c3cccc(Cl)c3)c(-c3ccccc3)n2)CC1. The smallest absolute Gasteiger partial charge is 0.329 e. The minimum atomic E-state index is -0.905. The van der Waals surface area contributed by atoms with E-state index in [1.807, 2.05) is 36.4 Å². The third-order valence-corrected chi connectivity index (χ3v) is 6.17. The molecular formula is C25H27ClN2O3. The van der Waals surface area contributed by atoms with Gasteiger partial charge in [0.15, 0.2) is 0 Å². The van der Waals surface area contributed by atoms with Gasteiger partial charge in [-0.15, -0.1) is 0 Å². The van der Waals surface area contributed by atoms with Gasteiger partial charge in [-0.25, -0.2) is 4.79 Å². The second kappa shape index (κ2) is 10.1. The molecular weight excluding hydrogens is 412 g/mol. The second-order valence-electron chi connectivity index (χ2n) is 8.29. The minimum absolute atomic E-state index is 0.207. The van der Waals surface area contributed by atoms with E-state index in [0.29, 0.717) is 23.5 Å². The van der Waals surface area contributed by atoms with E-state index in [-0.39, 0.29) is 6.61 Å². The number of hydrogen-bond acceptors (Lipinski definition) is 3. The molecule has 6 heteroatoms. The summed E-state index contributed by atoms with van der Waals surface area (Å²) in [6.07, 6.45) is 6.48. The Morgan fingerprint density at radius 1 is 1.03 bits per heavy atom. The van der Waals surface area contributed by atoms with Crippen molar-refractivity contribution in [2.75, 3.05) is 13.2 Å². The average Bonchev–Trinajstić information content (AvgIpc) is 3.19. The summed E-state index contributed by atoms with van der Waals surface area (Å²) in [5.41, 5.74) is 4.22. The lowest BCUT2D eigenvalue weighted by Crippen LogP contribution is -2.23. The molecule has 31 heavy (non-hydrogen) atoms. The Labute approximate surface area is 187 Å². The van der Waals surface area contributed by atoms with E-state index in [1.165, 1.54) is 0 Å². The van der Waals surface area contributed by atoms with Crippen molar-refractivity contribution in [3.8, 4) is 22.4 Å². The first kappa shape index (κ1) is 21.6. The lowest BCUT2D eigenvalue weighted by molar-refractivity contribution is -0.142. The number of nitrogens with zero attached hydrogens (tertiary/aromatic N) is 2. The van der Waals surface area contributed by atoms with Crippen molar-refractivity contribution < 1.29 is 14.6 Å². The number of rotatable bonds is 8. The number of carbonyl (C=O) groups is 1. The van der Waals surface area contributed by atoms with Crippen LogP contribution in [0.1, 0.15) is 25.7 Å². The molecule has 3 aromatic rings. The maximum atomic E-state index is 10.6. The molecule has 1 fully saturated rings. The molecule has 162 valence electrons. The van der Waals surface area contributed by atoms with Crippen molar-refractivity contribution in [1.29, 1.82) is 0 Å².